The monoisotopic (exact) mass is 272 g/mol. The van der Waals surface area contributed by atoms with E-state index in [2.05, 4.69) is 35.5 Å². The standard InChI is InChI=1S/C18H28N2/c1-20(18-7-2-3-8-18)12-11-19-14-15-9-10-16-5-4-6-17(16)13-15/h9-10,13,18-19H,2-8,11-12,14H2,1H3. The molecule has 0 aromatic heterocycles. The van der Waals surface area contributed by atoms with Crippen LogP contribution in [0.25, 0.3) is 0 Å². The molecular weight excluding hydrogens is 244 g/mol. The minimum Gasteiger partial charge on any atom is -0.311 e. The van der Waals surface area contributed by atoms with E-state index in [0.717, 1.165) is 19.1 Å². The van der Waals surface area contributed by atoms with Gasteiger partial charge < -0.3 is 10.2 Å². The summed E-state index contributed by atoms with van der Waals surface area (Å²) in [6, 6.07) is 7.90. The van der Waals surface area contributed by atoms with E-state index in [4.69, 9.17) is 0 Å². The topological polar surface area (TPSA) is 15.3 Å². The third-order valence-electron chi connectivity index (χ3n) is 5.08. The van der Waals surface area contributed by atoms with Crippen LogP contribution in [0.1, 0.15) is 48.8 Å². The molecule has 2 heteroatoms. The first kappa shape index (κ1) is 14.1. The van der Waals surface area contributed by atoms with Gasteiger partial charge in [0.2, 0.25) is 0 Å². The quantitative estimate of drug-likeness (QED) is 0.800. The molecule has 1 aromatic rings. The van der Waals surface area contributed by atoms with Crippen molar-refractivity contribution >= 4 is 0 Å². The lowest BCUT2D eigenvalue weighted by Crippen LogP contribution is -2.35. The summed E-state index contributed by atoms with van der Waals surface area (Å²) in [6.45, 7) is 3.30. The molecule has 0 atom stereocenters. The number of nitrogens with one attached hydrogen (secondary N) is 1. The SMILES string of the molecule is CN(CCNCc1ccc2c(c1)CCC2)C1CCCC1. The fourth-order valence-electron chi connectivity index (χ4n) is 3.75. The van der Waals surface area contributed by atoms with Crippen LogP contribution < -0.4 is 5.32 Å². The van der Waals surface area contributed by atoms with Crippen LogP contribution in [0.3, 0.4) is 0 Å². The summed E-state index contributed by atoms with van der Waals surface area (Å²) in [7, 11) is 2.28. The maximum Gasteiger partial charge on any atom is 0.0206 e. The van der Waals surface area contributed by atoms with E-state index in [1.165, 1.54) is 57.1 Å². The van der Waals surface area contributed by atoms with E-state index in [0.29, 0.717) is 0 Å². The van der Waals surface area contributed by atoms with Gasteiger partial charge in [0.15, 0.2) is 0 Å². The van der Waals surface area contributed by atoms with E-state index >= 15 is 0 Å². The molecule has 1 aromatic carbocycles. The molecule has 0 bridgehead atoms. The molecule has 3 rings (SSSR count). The Morgan fingerprint density at radius 3 is 2.75 bits per heavy atom. The van der Waals surface area contributed by atoms with Crippen LogP contribution >= 0.6 is 0 Å². The largest absolute Gasteiger partial charge is 0.311 e. The van der Waals surface area contributed by atoms with E-state index in [-0.39, 0.29) is 0 Å². The lowest BCUT2D eigenvalue weighted by Gasteiger charge is -2.24. The Morgan fingerprint density at radius 2 is 1.90 bits per heavy atom. The zero-order valence-corrected chi connectivity index (χ0v) is 12.8. The van der Waals surface area contributed by atoms with Crippen LogP contribution in [0.5, 0.6) is 0 Å². The van der Waals surface area contributed by atoms with E-state index < -0.39 is 0 Å². The summed E-state index contributed by atoms with van der Waals surface area (Å²) in [5.41, 5.74) is 4.62. The second-order valence-corrected chi connectivity index (χ2v) is 6.55. The molecule has 0 saturated heterocycles. The van der Waals surface area contributed by atoms with Gasteiger partial charge in [0.25, 0.3) is 0 Å². The van der Waals surface area contributed by atoms with Crippen molar-refractivity contribution in [2.45, 2.75) is 57.5 Å². The highest BCUT2D eigenvalue weighted by Crippen LogP contribution is 2.23. The lowest BCUT2D eigenvalue weighted by atomic mass is 10.1. The molecule has 2 aliphatic rings. The second kappa shape index (κ2) is 6.73. The van der Waals surface area contributed by atoms with Gasteiger partial charge in [-0.3, -0.25) is 0 Å². The van der Waals surface area contributed by atoms with Crippen LogP contribution in [-0.4, -0.2) is 31.1 Å². The van der Waals surface area contributed by atoms with Crippen molar-refractivity contribution in [3.8, 4) is 0 Å². The number of hydrogen-bond acceptors (Lipinski definition) is 2. The predicted molar refractivity (Wildman–Crippen MR) is 85.1 cm³/mol. The molecule has 0 amide bonds. The Kier molecular flexibility index (Phi) is 4.74. The fourth-order valence-corrected chi connectivity index (χ4v) is 3.75. The molecule has 1 saturated carbocycles. The van der Waals surface area contributed by atoms with E-state index in [9.17, 15) is 0 Å². The molecule has 0 aliphatic heterocycles. The average molecular weight is 272 g/mol. The molecule has 0 heterocycles. The first-order valence-corrected chi connectivity index (χ1v) is 8.34. The minimum absolute atomic E-state index is 0.844. The van der Waals surface area contributed by atoms with Gasteiger partial charge in [-0.05, 0) is 55.8 Å². The first-order chi connectivity index (χ1) is 9.83. The van der Waals surface area contributed by atoms with E-state index in [1.807, 2.05) is 0 Å². The molecule has 1 fully saturated rings. The Hall–Kier alpha value is -0.860. The molecule has 2 aliphatic carbocycles. The third-order valence-corrected chi connectivity index (χ3v) is 5.08. The molecular formula is C18H28N2. The van der Waals surface area contributed by atoms with Crippen LogP contribution in [0.15, 0.2) is 18.2 Å². The van der Waals surface area contributed by atoms with Crippen molar-refractivity contribution in [2.75, 3.05) is 20.1 Å². The maximum absolute atomic E-state index is 3.61. The highest BCUT2D eigenvalue weighted by molar-refractivity contribution is 5.35. The highest BCUT2D eigenvalue weighted by atomic mass is 15.1. The fraction of sp³-hybridized carbons (Fsp3) is 0.667. The van der Waals surface area contributed by atoms with Crippen LogP contribution in [-0.2, 0) is 19.4 Å². The number of fused-ring (bicyclic) bond motifs is 1. The van der Waals surface area contributed by atoms with Crippen molar-refractivity contribution in [1.29, 1.82) is 0 Å². The molecule has 0 radical (unpaired) electrons. The summed E-state index contributed by atoms with van der Waals surface area (Å²) in [4.78, 5) is 2.54. The van der Waals surface area contributed by atoms with Crippen molar-refractivity contribution in [2.24, 2.45) is 0 Å². The lowest BCUT2D eigenvalue weighted by molar-refractivity contribution is 0.245. The summed E-state index contributed by atoms with van der Waals surface area (Å²) < 4.78 is 0. The molecule has 20 heavy (non-hydrogen) atoms. The maximum atomic E-state index is 3.61. The number of likely N-dealkylation sites (N-methyl/N-ethyl adjacent to an activating group) is 1. The smallest absolute Gasteiger partial charge is 0.0206 e. The van der Waals surface area contributed by atoms with Gasteiger partial charge in [-0.15, -0.1) is 0 Å². The van der Waals surface area contributed by atoms with Gasteiger partial charge >= 0.3 is 0 Å². The molecule has 2 nitrogen and oxygen atoms in total. The van der Waals surface area contributed by atoms with Gasteiger partial charge in [0.1, 0.15) is 0 Å². The Balaban J connectivity index is 1.39. The Morgan fingerprint density at radius 1 is 1.10 bits per heavy atom. The summed E-state index contributed by atoms with van der Waals surface area (Å²) in [6.07, 6.45) is 9.58. The van der Waals surface area contributed by atoms with Gasteiger partial charge in [0.05, 0.1) is 0 Å². The average Bonchev–Trinajstić information content (AvgIpc) is 3.13. The van der Waals surface area contributed by atoms with Crippen LogP contribution in [0.4, 0.5) is 0 Å². The predicted octanol–water partition coefficient (Wildman–Crippen LogP) is 3.14. The molecule has 1 N–H and O–H groups in total. The van der Waals surface area contributed by atoms with Gasteiger partial charge in [-0.25, -0.2) is 0 Å². The molecule has 110 valence electrons. The van der Waals surface area contributed by atoms with Crippen molar-refractivity contribution in [3.63, 3.8) is 0 Å². The highest BCUT2D eigenvalue weighted by Gasteiger charge is 2.18. The molecule has 0 spiro atoms. The Bertz CT molecular complexity index is 435. The second-order valence-electron chi connectivity index (χ2n) is 6.55. The third kappa shape index (κ3) is 3.42. The van der Waals surface area contributed by atoms with Crippen molar-refractivity contribution in [1.82, 2.24) is 10.2 Å². The normalized spacial score (nSPS) is 18.9. The summed E-state index contributed by atoms with van der Waals surface area (Å²) in [5.74, 6) is 0. The van der Waals surface area contributed by atoms with Crippen LogP contribution in [0, 0.1) is 0 Å². The van der Waals surface area contributed by atoms with Crippen molar-refractivity contribution < 1.29 is 0 Å². The van der Waals surface area contributed by atoms with Crippen LogP contribution in [0.2, 0.25) is 0 Å². The zero-order valence-electron chi connectivity index (χ0n) is 12.8. The number of benzene rings is 1. The van der Waals surface area contributed by atoms with Crippen molar-refractivity contribution in [3.05, 3.63) is 34.9 Å². The van der Waals surface area contributed by atoms with Gasteiger partial charge in [0, 0.05) is 25.7 Å². The zero-order chi connectivity index (χ0) is 13.8. The number of rotatable bonds is 6. The first-order valence-electron chi connectivity index (χ1n) is 8.34. The van der Waals surface area contributed by atoms with E-state index in [1.54, 1.807) is 11.1 Å². The minimum atomic E-state index is 0.844. The number of nitrogens with zero attached hydrogens (tertiary/aromatic N) is 1. The summed E-state index contributed by atoms with van der Waals surface area (Å²) in [5, 5.41) is 3.61. The molecule has 0 unspecified atom stereocenters. The van der Waals surface area contributed by atoms with Gasteiger partial charge in [-0.1, -0.05) is 31.0 Å². The summed E-state index contributed by atoms with van der Waals surface area (Å²) >= 11 is 0. The van der Waals surface area contributed by atoms with Gasteiger partial charge in [-0.2, -0.15) is 0 Å². The number of aryl methyl sites for hydroxylation is 2. The Labute approximate surface area is 123 Å². The number of hydrogen-bond donors (Lipinski definition) is 1.